The molecule has 1 fully saturated rings. The van der Waals surface area contributed by atoms with Gasteiger partial charge in [-0.05, 0) is 18.9 Å². The predicted molar refractivity (Wildman–Crippen MR) is 114 cm³/mol. The number of amides is 2. The first kappa shape index (κ1) is 21.5. The highest BCUT2D eigenvalue weighted by Gasteiger charge is 2.35. The van der Waals surface area contributed by atoms with Crippen molar-refractivity contribution < 1.29 is 23.8 Å². The lowest BCUT2D eigenvalue weighted by Gasteiger charge is -2.20. The molecule has 1 heterocycles. The van der Waals surface area contributed by atoms with Crippen LogP contribution in [0.25, 0.3) is 0 Å². The summed E-state index contributed by atoms with van der Waals surface area (Å²) in [5.41, 5.74) is 2.99. The minimum absolute atomic E-state index is 0.106. The molecular formula is C23H28N2O5. The van der Waals surface area contributed by atoms with Crippen molar-refractivity contribution in [3.05, 3.63) is 47.5 Å². The zero-order chi connectivity index (χ0) is 21.7. The van der Waals surface area contributed by atoms with Crippen LogP contribution < -0.4 is 24.4 Å². The molecule has 0 saturated carbocycles. The summed E-state index contributed by atoms with van der Waals surface area (Å²) < 4.78 is 16.1. The van der Waals surface area contributed by atoms with Gasteiger partial charge >= 0.3 is 0 Å². The van der Waals surface area contributed by atoms with Gasteiger partial charge in [-0.3, -0.25) is 9.59 Å². The molecule has 7 nitrogen and oxygen atoms in total. The Bertz CT molecular complexity index is 903. The Labute approximate surface area is 176 Å². The fourth-order valence-corrected chi connectivity index (χ4v) is 3.70. The van der Waals surface area contributed by atoms with E-state index >= 15 is 0 Å². The smallest absolute Gasteiger partial charge is 0.227 e. The summed E-state index contributed by atoms with van der Waals surface area (Å²) in [5.74, 6) is 0.778. The van der Waals surface area contributed by atoms with Crippen LogP contribution in [0, 0.1) is 12.8 Å². The summed E-state index contributed by atoms with van der Waals surface area (Å²) in [6.07, 6.45) is 0.928. The fraction of sp³-hybridized carbons (Fsp3) is 0.391. The molecule has 0 radical (unpaired) electrons. The second-order valence-corrected chi connectivity index (χ2v) is 7.32. The van der Waals surface area contributed by atoms with E-state index in [0.29, 0.717) is 36.0 Å². The number of hydrogen-bond donors (Lipinski definition) is 1. The number of hydrogen-bond acceptors (Lipinski definition) is 5. The van der Waals surface area contributed by atoms with Gasteiger partial charge in [-0.1, -0.05) is 29.8 Å². The van der Waals surface area contributed by atoms with E-state index in [1.807, 2.05) is 25.1 Å². The van der Waals surface area contributed by atoms with Gasteiger partial charge in [0.15, 0.2) is 11.5 Å². The maximum Gasteiger partial charge on any atom is 0.227 e. The quantitative estimate of drug-likeness (QED) is 0.722. The van der Waals surface area contributed by atoms with Crippen LogP contribution in [0.4, 0.5) is 5.69 Å². The highest BCUT2D eigenvalue weighted by molar-refractivity contribution is 6.00. The van der Waals surface area contributed by atoms with Crippen molar-refractivity contribution in [2.24, 2.45) is 5.92 Å². The molecular weight excluding hydrogens is 384 g/mol. The lowest BCUT2D eigenvalue weighted by atomic mass is 10.1. The van der Waals surface area contributed by atoms with Gasteiger partial charge in [-0.2, -0.15) is 0 Å². The summed E-state index contributed by atoms with van der Waals surface area (Å²) in [6, 6.07) is 11.7. The monoisotopic (exact) mass is 412 g/mol. The molecule has 1 aliphatic heterocycles. The average molecular weight is 412 g/mol. The molecule has 0 aromatic heterocycles. The SMILES string of the molecule is COc1cc(N2CC(C(=O)NCCc3cccc(C)c3)CC2=O)cc(OC)c1OC. The zero-order valence-corrected chi connectivity index (χ0v) is 17.9. The van der Waals surface area contributed by atoms with Gasteiger partial charge in [0.25, 0.3) is 0 Å². The Kier molecular flexibility index (Phi) is 6.82. The normalized spacial score (nSPS) is 15.8. The summed E-state index contributed by atoms with van der Waals surface area (Å²) in [4.78, 5) is 26.8. The van der Waals surface area contributed by atoms with Crippen LogP contribution in [0.1, 0.15) is 17.5 Å². The highest BCUT2D eigenvalue weighted by atomic mass is 16.5. The molecule has 7 heteroatoms. The van der Waals surface area contributed by atoms with Crippen LogP contribution >= 0.6 is 0 Å². The Morgan fingerprint density at radius 1 is 1.10 bits per heavy atom. The van der Waals surface area contributed by atoms with Gasteiger partial charge in [0.05, 0.1) is 32.9 Å². The van der Waals surface area contributed by atoms with E-state index in [2.05, 4.69) is 11.4 Å². The number of aryl methyl sites for hydroxylation is 1. The number of methoxy groups -OCH3 is 3. The van der Waals surface area contributed by atoms with Crippen molar-refractivity contribution in [2.75, 3.05) is 39.3 Å². The van der Waals surface area contributed by atoms with Crippen LogP contribution in [0.15, 0.2) is 36.4 Å². The number of nitrogens with zero attached hydrogens (tertiary/aromatic N) is 1. The van der Waals surface area contributed by atoms with Crippen LogP contribution in [0.2, 0.25) is 0 Å². The van der Waals surface area contributed by atoms with Crippen LogP contribution in [-0.2, 0) is 16.0 Å². The molecule has 2 amide bonds. The summed E-state index contributed by atoms with van der Waals surface area (Å²) >= 11 is 0. The van der Waals surface area contributed by atoms with Gasteiger partial charge < -0.3 is 24.4 Å². The first-order chi connectivity index (χ1) is 14.5. The van der Waals surface area contributed by atoms with Crippen molar-refractivity contribution in [3.8, 4) is 17.2 Å². The molecule has 1 unspecified atom stereocenters. The zero-order valence-electron chi connectivity index (χ0n) is 17.9. The summed E-state index contributed by atoms with van der Waals surface area (Å²) in [7, 11) is 4.58. The van der Waals surface area contributed by atoms with Crippen molar-refractivity contribution in [1.82, 2.24) is 5.32 Å². The van der Waals surface area contributed by atoms with Crippen molar-refractivity contribution >= 4 is 17.5 Å². The van der Waals surface area contributed by atoms with Crippen molar-refractivity contribution in [2.45, 2.75) is 19.8 Å². The molecule has 2 aromatic carbocycles. The van der Waals surface area contributed by atoms with E-state index in [-0.39, 0.29) is 18.2 Å². The van der Waals surface area contributed by atoms with Gasteiger partial charge in [0, 0.05) is 31.6 Å². The van der Waals surface area contributed by atoms with E-state index in [1.165, 1.54) is 32.5 Å². The van der Waals surface area contributed by atoms with E-state index in [0.717, 1.165) is 6.42 Å². The number of rotatable bonds is 8. The molecule has 0 spiro atoms. The second kappa shape index (κ2) is 9.52. The first-order valence-corrected chi connectivity index (χ1v) is 9.90. The van der Waals surface area contributed by atoms with Gasteiger partial charge in [0.2, 0.25) is 17.6 Å². The molecule has 0 bridgehead atoms. The van der Waals surface area contributed by atoms with Crippen molar-refractivity contribution in [1.29, 1.82) is 0 Å². The average Bonchev–Trinajstić information content (AvgIpc) is 3.14. The number of nitrogens with one attached hydrogen (secondary N) is 1. The molecule has 3 rings (SSSR count). The summed E-state index contributed by atoms with van der Waals surface area (Å²) in [5, 5.41) is 2.96. The Morgan fingerprint density at radius 3 is 2.40 bits per heavy atom. The molecule has 0 aliphatic carbocycles. The third-order valence-corrected chi connectivity index (χ3v) is 5.25. The summed E-state index contributed by atoms with van der Waals surface area (Å²) in [6.45, 7) is 2.90. The Morgan fingerprint density at radius 2 is 1.80 bits per heavy atom. The maximum absolute atomic E-state index is 12.6. The van der Waals surface area contributed by atoms with E-state index < -0.39 is 5.92 Å². The lowest BCUT2D eigenvalue weighted by molar-refractivity contribution is -0.126. The van der Waals surface area contributed by atoms with E-state index in [1.54, 1.807) is 17.0 Å². The number of ether oxygens (including phenoxy) is 3. The number of benzene rings is 2. The van der Waals surface area contributed by atoms with Gasteiger partial charge in [0.1, 0.15) is 0 Å². The number of carbonyl (C=O) groups excluding carboxylic acids is 2. The number of anilines is 1. The lowest BCUT2D eigenvalue weighted by Crippen LogP contribution is -2.34. The molecule has 1 saturated heterocycles. The maximum atomic E-state index is 12.6. The van der Waals surface area contributed by atoms with Crippen LogP contribution in [0.5, 0.6) is 17.2 Å². The highest BCUT2D eigenvalue weighted by Crippen LogP contribution is 2.42. The van der Waals surface area contributed by atoms with Crippen LogP contribution in [-0.4, -0.2) is 46.2 Å². The predicted octanol–water partition coefficient (Wildman–Crippen LogP) is 2.73. The van der Waals surface area contributed by atoms with Gasteiger partial charge in [-0.15, -0.1) is 0 Å². The Balaban J connectivity index is 1.65. The van der Waals surface area contributed by atoms with E-state index in [4.69, 9.17) is 14.2 Å². The number of carbonyl (C=O) groups is 2. The molecule has 160 valence electrons. The molecule has 1 N–H and O–H groups in total. The third-order valence-electron chi connectivity index (χ3n) is 5.25. The topological polar surface area (TPSA) is 77.1 Å². The Hall–Kier alpha value is -3.22. The molecule has 1 aliphatic rings. The first-order valence-electron chi connectivity index (χ1n) is 9.90. The standard InChI is InChI=1S/C23H28N2O5/c1-15-6-5-7-16(10-15)8-9-24-23(27)17-11-21(26)25(14-17)18-12-19(28-2)22(30-4)20(13-18)29-3/h5-7,10,12-13,17H,8-9,11,14H2,1-4H3,(H,24,27). The minimum Gasteiger partial charge on any atom is -0.493 e. The van der Waals surface area contributed by atoms with Crippen molar-refractivity contribution in [3.63, 3.8) is 0 Å². The fourth-order valence-electron chi connectivity index (χ4n) is 3.70. The largest absolute Gasteiger partial charge is 0.493 e. The van der Waals surface area contributed by atoms with Crippen LogP contribution in [0.3, 0.4) is 0 Å². The molecule has 30 heavy (non-hydrogen) atoms. The van der Waals surface area contributed by atoms with Gasteiger partial charge in [-0.25, -0.2) is 0 Å². The molecule has 1 atom stereocenters. The van der Waals surface area contributed by atoms with E-state index in [9.17, 15) is 9.59 Å². The third kappa shape index (κ3) is 4.67. The minimum atomic E-state index is -0.394. The second-order valence-electron chi connectivity index (χ2n) is 7.32. The molecule has 2 aromatic rings.